The zero-order chi connectivity index (χ0) is 18.1. The van der Waals surface area contributed by atoms with Crippen LogP contribution in [0.25, 0.3) is 0 Å². The van der Waals surface area contributed by atoms with Gasteiger partial charge in [0.05, 0.1) is 6.54 Å². The molecule has 134 valence electrons. The highest BCUT2D eigenvalue weighted by Crippen LogP contribution is 2.07. The standard InChI is InChI=1S/C21H30N4/c1-5-22-21(23-14-18-8-6-17(2)7-9-18)24-15-19-10-12-20(13-11-19)16-25(3)4/h6-13H,5,14-16H2,1-4H3,(H2,22,23,24). The van der Waals surface area contributed by atoms with Gasteiger partial charge in [-0.1, -0.05) is 54.1 Å². The van der Waals surface area contributed by atoms with Crippen LogP contribution in [-0.2, 0) is 19.6 Å². The van der Waals surface area contributed by atoms with Crippen molar-refractivity contribution in [1.29, 1.82) is 0 Å². The molecule has 4 heteroatoms. The summed E-state index contributed by atoms with van der Waals surface area (Å²) in [7, 11) is 4.17. The first kappa shape index (κ1) is 19.0. The normalized spacial score (nSPS) is 11.6. The van der Waals surface area contributed by atoms with E-state index in [0.717, 1.165) is 25.6 Å². The fraction of sp³-hybridized carbons (Fsp3) is 0.381. The van der Waals surface area contributed by atoms with Crippen LogP contribution in [0.4, 0.5) is 0 Å². The summed E-state index contributed by atoms with van der Waals surface area (Å²) in [5.74, 6) is 0.848. The summed E-state index contributed by atoms with van der Waals surface area (Å²) >= 11 is 0. The molecular weight excluding hydrogens is 308 g/mol. The van der Waals surface area contributed by atoms with E-state index in [1.165, 1.54) is 22.3 Å². The average Bonchev–Trinajstić information content (AvgIpc) is 2.59. The van der Waals surface area contributed by atoms with Crippen molar-refractivity contribution in [3.8, 4) is 0 Å². The number of guanidine groups is 1. The Balaban J connectivity index is 1.93. The highest BCUT2D eigenvalue weighted by atomic mass is 15.2. The number of benzene rings is 2. The summed E-state index contributed by atoms with van der Waals surface area (Å²) in [4.78, 5) is 6.86. The molecule has 0 radical (unpaired) electrons. The fourth-order valence-corrected chi connectivity index (χ4v) is 2.52. The predicted octanol–water partition coefficient (Wildman–Crippen LogP) is 3.31. The maximum atomic E-state index is 4.69. The Morgan fingerprint density at radius 3 is 2.08 bits per heavy atom. The molecule has 0 saturated carbocycles. The van der Waals surface area contributed by atoms with E-state index in [-0.39, 0.29) is 0 Å². The Labute approximate surface area is 152 Å². The first-order valence-electron chi connectivity index (χ1n) is 8.87. The minimum absolute atomic E-state index is 0.672. The number of nitrogens with one attached hydrogen (secondary N) is 2. The van der Waals surface area contributed by atoms with Crippen molar-refractivity contribution in [2.45, 2.75) is 33.5 Å². The van der Waals surface area contributed by atoms with Crippen LogP contribution < -0.4 is 10.6 Å². The largest absolute Gasteiger partial charge is 0.357 e. The van der Waals surface area contributed by atoms with Crippen LogP contribution in [0.2, 0.25) is 0 Å². The predicted molar refractivity (Wildman–Crippen MR) is 107 cm³/mol. The van der Waals surface area contributed by atoms with Crippen molar-refractivity contribution in [3.05, 3.63) is 70.8 Å². The Kier molecular flexibility index (Phi) is 7.48. The van der Waals surface area contributed by atoms with Crippen LogP contribution in [0.15, 0.2) is 53.5 Å². The monoisotopic (exact) mass is 338 g/mol. The molecule has 2 N–H and O–H groups in total. The molecule has 0 saturated heterocycles. The lowest BCUT2D eigenvalue weighted by atomic mass is 10.1. The molecule has 0 atom stereocenters. The SMILES string of the molecule is CCNC(=NCc1ccc(CN(C)C)cc1)NCc1ccc(C)cc1. The van der Waals surface area contributed by atoms with Crippen LogP contribution in [-0.4, -0.2) is 31.5 Å². The van der Waals surface area contributed by atoms with Gasteiger partial charge in [0.1, 0.15) is 0 Å². The van der Waals surface area contributed by atoms with Gasteiger partial charge in [0.25, 0.3) is 0 Å². The van der Waals surface area contributed by atoms with E-state index in [1.54, 1.807) is 0 Å². The molecule has 0 unspecified atom stereocenters. The molecule has 0 aliphatic heterocycles. The van der Waals surface area contributed by atoms with E-state index >= 15 is 0 Å². The second-order valence-electron chi connectivity index (χ2n) is 6.59. The lowest BCUT2D eigenvalue weighted by Gasteiger charge is -2.12. The van der Waals surface area contributed by atoms with E-state index in [2.05, 4.69) is 92.0 Å². The highest BCUT2D eigenvalue weighted by molar-refractivity contribution is 5.79. The summed E-state index contributed by atoms with van der Waals surface area (Å²) in [5, 5.41) is 6.70. The Morgan fingerprint density at radius 2 is 1.48 bits per heavy atom. The summed E-state index contributed by atoms with van der Waals surface area (Å²) in [6.45, 7) is 7.44. The van der Waals surface area contributed by atoms with Crippen LogP contribution in [0.1, 0.15) is 29.2 Å². The smallest absolute Gasteiger partial charge is 0.191 e. The molecule has 0 aliphatic carbocycles. The zero-order valence-corrected chi connectivity index (χ0v) is 15.8. The minimum Gasteiger partial charge on any atom is -0.357 e. The van der Waals surface area contributed by atoms with Crippen LogP contribution in [0.3, 0.4) is 0 Å². The number of hydrogen-bond donors (Lipinski definition) is 2. The highest BCUT2D eigenvalue weighted by Gasteiger charge is 2.00. The molecule has 0 heterocycles. The Morgan fingerprint density at radius 1 is 0.880 bits per heavy atom. The lowest BCUT2D eigenvalue weighted by Crippen LogP contribution is -2.36. The second-order valence-corrected chi connectivity index (χ2v) is 6.59. The van der Waals surface area contributed by atoms with Gasteiger partial charge in [0.15, 0.2) is 5.96 Å². The molecule has 2 aromatic carbocycles. The van der Waals surface area contributed by atoms with Crippen molar-refractivity contribution >= 4 is 5.96 Å². The number of nitrogens with zero attached hydrogens (tertiary/aromatic N) is 2. The first-order chi connectivity index (χ1) is 12.1. The molecule has 25 heavy (non-hydrogen) atoms. The van der Waals surface area contributed by atoms with Gasteiger partial charge in [-0.15, -0.1) is 0 Å². The summed E-state index contributed by atoms with van der Waals surface area (Å²) in [6.07, 6.45) is 0. The lowest BCUT2D eigenvalue weighted by molar-refractivity contribution is 0.402. The minimum atomic E-state index is 0.672. The summed E-state index contributed by atoms with van der Waals surface area (Å²) in [6, 6.07) is 17.2. The van der Waals surface area contributed by atoms with Gasteiger partial charge in [-0.3, -0.25) is 0 Å². The fourth-order valence-electron chi connectivity index (χ4n) is 2.52. The van der Waals surface area contributed by atoms with E-state index in [1.807, 2.05) is 0 Å². The molecule has 0 spiro atoms. The Hall–Kier alpha value is -2.33. The van der Waals surface area contributed by atoms with E-state index in [9.17, 15) is 0 Å². The van der Waals surface area contributed by atoms with Crippen molar-refractivity contribution < 1.29 is 0 Å². The number of aliphatic imine (C=N–C) groups is 1. The van der Waals surface area contributed by atoms with Crippen molar-refractivity contribution in [1.82, 2.24) is 15.5 Å². The van der Waals surface area contributed by atoms with Gasteiger partial charge >= 0.3 is 0 Å². The van der Waals surface area contributed by atoms with Crippen molar-refractivity contribution in [2.75, 3.05) is 20.6 Å². The molecule has 2 rings (SSSR count). The quantitative estimate of drug-likeness (QED) is 0.601. The van der Waals surface area contributed by atoms with Crippen LogP contribution in [0, 0.1) is 6.92 Å². The molecule has 0 bridgehead atoms. The molecular formula is C21H30N4. The molecule has 0 amide bonds. The van der Waals surface area contributed by atoms with Gasteiger partial charge in [-0.2, -0.15) is 0 Å². The summed E-state index contributed by atoms with van der Waals surface area (Å²) in [5.41, 5.74) is 5.07. The molecule has 0 fully saturated rings. The molecule has 0 aliphatic rings. The van der Waals surface area contributed by atoms with Gasteiger partial charge in [-0.05, 0) is 44.6 Å². The first-order valence-corrected chi connectivity index (χ1v) is 8.87. The number of hydrogen-bond acceptors (Lipinski definition) is 2. The zero-order valence-electron chi connectivity index (χ0n) is 15.8. The van der Waals surface area contributed by atoms with Gasteiger partial charge in [0, 0.05) is 19.6 Å². The van der Waals surface area contributed by atoms with Gasteiger partial charge < -0.3 is 15.5 Å². The Bertz CT molecular complexity index is 657. The van der Waals surface area contributed by atoms with Crippen molar-refractivity contribution in [2.24, 2.45) is 4.99 Å². The number of rotatable bonds is 7. The topological polar surface area (TPSA) is 39.7 Å². The maximum Gasteiger partial charge on any atom is 0.191 e. The van der Waals surface area contributed by atoms with Crippen molar-refractivity contribution in [3.63, 3.8) is 0 Å². The van der Waals surface area contributed by atoms with Gasteiger partial charge in [0.2, 0.25) is 0 Å². The second kappa shape index (κ2) is 9.84. The number of aryl methyl sites for hydroxylation is 1. The van der Waals surface area contributed by atoms with Crippen LogP contribution >= 0.6 is 0 Å². The molecule has 4 nitrogen and oxygen atoms in total. The third kappa shape index (κ3) is 6.98. The van der Waals surface area contributed by atoms with E-state index in [0.29, 0.717) is 6.54 Å². The van der Waals surface area contributed by atoms with Gasteiger partial charge in [-0.25, -0.2) is 4.99 Å². The molecule has 0 aromatic heterocycles. The average molecular weight is 338 g/mol. The third-order valence-corrected chi connectivity index (χ3v) is 3.87. The maximum absolute atomic E-state index is 4.69. The van der Waals surface area contributed by atoms with Crippen LogP contribution in [0.5, 0.6) is 0 Å². The summed E-state index contributed by atoms with van der Waals surface area (Å²) < 4.78 is 0. The van der Waals surface area contributed by atoms with E-state index in [4.69, 9.17) is 4.99 Å². The van der Waals surface area contributed by atoms with E-state index < -0.39 is 0 Å². The molecule has 2 aromatic rings. The third-order valence-electron chi connectivity index (χ3n) is 3.87.